The van der Waals surface area contributed by atoms with E-state index in [1.165, 1.54) is 5.56 Å². The van der Waals surface area contributed by atoms with Crippen molar-refractivity contribution in [3.8, 4) is 0 Å². The molecule has 1 heterocycles. The van der Waals surface area contributed by atoms with E-state index in [0.717, 1.165) is 17.3 Å². The SMILES string of the molecule is CC(C)c1cccc2nc(C=O)n(C)c12. The molecule has 0 atom stereocenters. The molecule has 0 radical (unpaired) electrons. The van der Waals surface area contributed by atoms with Crippen LogP contribution in [-0.4, -0.2) is 15.8 Å². The van der Waals surface area contributed by atoms with Gasteiger partial charge in [0, 0.05) is 7.05 Å². The summed E-state index contributed by atoms with van der Waals surface area (Å²) in [5.74, 6) is 0.918. The highest BCUT2D eigenvalue weighted by Gasteiger charge is 2.12. The van der Waals surface area contributed by atoms with Gasteiger partial charge in [-0.2, -0.15) is 0 Å². The van der Waals surface area contributed by atoms with Crippen molar-refractivity contribution in [3.05, 3.63) is 29.6 Å². The molecule has 0 aliphatic carbocycles. The molecule has 0 unspecified atom stereocenters. The normalized spacial score (nSPS) is 11.2. The van der Waals surface area contributed by atoms with Crippen LogP contribution >= 0.6 is 0 Å². The van der Waals surface area contributed by atoms with Crippen LogP contribution in [0.25, 0.3) is 11.0 Å². The fourth-order valence-electron chi connectivity index (χ4n) is 1.89. The molecular weight excluding hydrogens is 188 g/mol. The molecule has 0 amide bonds. The lowest BCUT2D eigenvalue weighted by molar-refractivity contribution is 0.111. The second-order valence-corrected chi connectivity index (χ2v) is 4.02. The Labute approximate surface area is 88.7 Å². The molecule has 1 aromatic carbocycles. The molecule has 0 bridgehead atoms. The minimum Gasteiger partial charge on any atom is -0.325 e. The van der Waals surface area contributed by atoms with Gasteiger partial charge in [-0.15, -0.1) is 0 Å². The van der Waals surface area contributed by atoms with Crippen LogP contribution in [0.3, 0.4) is 0 Å². The summed E-state index contributed by atoms with van der Waals surface area (Å²) in [6.07, 6.45) is 0.796. The van der Waals surface area contributed by atoms with Gasteiger partial charge in [-0.25, -0.2) is 4.98 Å². The van der Waals surface area contributed by atoms with Gasteiger partial charge in [-0.1, -0.05) is 26.0 Å². The van der Waals surface area contributed by atoms with Crippen LogP contribution in [0, 0.1) is 0 Å². The van der Waals surface area contributed by atoms with Crippen molar-refractivity contribution in [3.63, 3.8) is 0 Å². The van der Waals surface area contributed by atoms with Crippen molar-refractivity contribution in [1.29, 1.82) is 0 Å². The van der Waals surface area contributed by atoms with E-state index in [9.17, 15) is 4.79 Å². The fourth-order valence-corrected chi connectivity index (χ4v) is 1.89. The minimum atomic E-state index is 0.434. The maximum atomic E-state index is 10.8. The Kier molecular flexibility index (Phi) is 2.31. The molecule has 0 spiro atoms. The molecule has 2 rings (SSSR count). The van der Waals surface area contributed by atoms with Crippen molar-refractivity contribution in [2.75, 3.05) is 0 Å². The molecule has 0 aliphatic heterocycles. The Bertz CT molecular complexity index is 512. The number of fused-ring (bicyclic) bond motifs is 1. The monoisotopic (exact) mass is 202 g/mol. The van der Waals surface area contributed by atoms with Gasteiger partial charge in [0.1, 0.15) is 0 Å². The molecular formula is C12H14N2O. The van der Waals surface area contributed by atoms with E-state index in [2.05, 4.69) is 24.9 Å². The first kappa shape index (κ1) is 9.90. The summed E-state index contributed by atoms with van der Waals surface area (Å²) in [7, 11) is 1.88. The van der Waals surface area contributed by atoms with Gasteiger partial charge in [0.05, 0.1) is 11.0 Å². The molecule has 0 N–H and O–H groups in total. The van der Waals surface area contributed by atoms with Gasteiger partial charge in [0.25, 0.3) is 0 Å². The Morgan fingerprint density at radius 1 is 1.40 bits per heavy atom. The number of carbonyl (C=O) groups is 1. The smallest absolute Gasteiger partial charge is 0.185 e. The average Bonchev–Trinajstić information content (AvgIpc) is 2.55. The fraction of sp³-hybridized carbons (Fsp3) is 0.333. The number of aldehydes is 1. The zero-order valence-electron chi connectivity index (χ0n) is 9.19. The first-order valence-corrected chi connectivity index (χ1v) is 5.05. The maximum Gasteiger partial charge on any atom is 0.185 e. The van der Waals surface area contributed by atoms with E-state index in [1.807, 2.05) is 23.7 Å². The molecule has 0 saturated heterocycles. The molecule has 0 saturated carbocycles. The zero-order chi connectivity index (χ0) is 11.0. The summed E-state index contributed by atoms with van der Waals surface area (Å²) in [5, 5.41) is 0. The lowest BCUT2D eigenvalue weighted by atomic mass is 10.0. The molecule has 0 aliphatic rings. The number of aryl methyl sites for hydroxylation is 1. The van der Waals surface area contributed by atoms with E-state index >= 15 is 0 Å². The van der Waals surface area contributed by atoms with Gasteiger partial charge >= 0.3 is 0 Å². The number of carbonyl (C=O) groups excluding carboxylic acids is 1. The molecule has 3 heteroatoms. The lowest BCUT2D eigenvalue weighted by Crippen LogP contribution is -1.98. The van der Waals surface area contributed by atoms with Gasteiger partial charge in [0.2, 0.25) is 0 Å². The van der Waals surface area contributed by atoms with E-state index in [0.29, 0.717) is 11.7 Å². The number of rotatable bonds is 2. The van der Waals surface area contributed by atoms with Gasteiger partial charge in [-0.3, -0.25) is 4.79 Å². The molecule has 0 fully saturated rings. The Hall–Kier alpha value is -1.64. The highest BCUT2D eigenvalue weighted by atomic mass is 16.1. The third-order valence-corrected chi connectivity index (χ3v) is 2.69. The van der Waals surface area contributed by atoms with Crippen molar-refractivity contribution < 1.29 is 4.79 Å². The Morgan fingerprint density at radius 2 is 2.13 bits per heavy atom. The van der Waals surface area contributed by atoms with E-state index in [-0.39, 0.29) is 0 Å². The Morgan fingerprint density at radius 3 is 2.73 bits per heavy atom. The van der Waals surface area contributed by atoms with Crippen molar-refractivity contribution in [2.24, 2.45) is 7.05 Å². The molecule has 3 nitrogen and oxygen atoms in total. The summed E-state index contributed by atoms with van der Waals surface area (Å²) >= 11 is 0. The topological polar surface area (TPSA) is 34.9 Å². The highest BCUT2D eigenvalue weighted by Crippen LogP contribution is 2.25. The first-order valence-electron chi connectivity index (χ1n) is 5.05. The van der Waals surface area contributed by atoms with Crippen molar-refractivity contribution in [1.82, 2.24) is 9.55 Å². The quantitative estimate of drug-likeness (QED) is 0.701. The summed E-state index contributed by atoms with van der Waals surface area (Å²) in [6, 6.07) is 6.01. The van der Waals surface area contributed by atoms with E-state index in [1.54, 1.807) is 0 Å². The van der Waals surface area contributed by atoms with Crippen LogP contribution in [0.2, 0.25) is 0 Å². The largest absolute Gasteiger partial charge is 0.325 e. The maximum absolute atomic E-state index is 10.8. The van der Waals surface area contributed by atoms with Crippen LogP contribution in [0.5, 0.6) is 0 Å². The first-order chi connectivity index (χ1) is 7.15. The van der Waals surface area contributed by atoms with Crippen LogP contribution in [0.1, 0.15) is 35.9 Å². The predicted octanol–water partition coefficient (Wildman–Crippen LogP) is 2.51. The second kappa shape index (κ2) is 3.50. The Balaban J connectivity index is 2.84. The van der Waals surface area contributed by atoms with Crippen LogP contribution in [0.15, 0.2) is 18.2 Å². The van der Waals surface area contributed by atoms with Gasteiger partial charge < -0.3 is 4.57 Å². The molecule has 2 aromatic rings. The van der Waals surface area contributed by atoms with E-state index in [4.69, 9.17) is 0 Å². The van der Waals surface area contributed by atoms with Gasteiger partial charge in [0.15, 0.2) is 12.1 Å². The molecule has 1 aromatic heterocycles. The molecule has 78 valence electrons. The van der Waals surface area contributed by atoms with Crippen molar-refractivity contribution in [2.45, 2.75) is 19.8 Å². The second-order valence-electron chi connectivity index (χ2n) is 4.02. The number of hydrogen-bond acceptors (Lipinski definition) is 2. The van der Waals surface area contributed by atoms with Gasteiger partial charge in [-0.05, 0) is 17.5 Å². The third kappa shape index (κ3) is 1.44. The number of nitrogens with zero attached hydrogens (tertiary/aromatic N) is 2. The highest BCUT2D eigenvalue weighted by molar-refractivity contribution is 5.85. The molecule has 15 heavy (non-hydrogen) atoms. The minimum absolute atomic E-state index is 0.434. The van der Waals surface area contributed by atoms with E-state index < -0.39 is 0 Å². The number of benzene rings is 1. The van der Waals surface area contributed by atoms with Crippen molar-refractivity contribution >= 4 is 17.3 Å². The number of imidazole rings is 1. The number of hydrogen-bond donors (Lipinski definition) is 0. The summed E-state index contributed by atoms with van der Waals surface area (Å²) in [4.78, 5) is 15.1. The number of aromatic nitrogens is 2. The van der Waals surface area contributed by atoms with Crippen LogP contribution < -0.4 is 0 Å². The standard InChI is InChI=1S/C12H14N2O/c1-8(2)9-5-4-6-10-12(9)14(3)11(7-15)13-10/h4-8H,1-3H3. The summed E-state index contributed by atoms with van der Waals surface area (Å²) in [5.41, 5.74) is 3.19. The number of para-hydroxylation sites is 1. The van der Waals surface area contributed by atoms with Crippen LogP contribution in [0.4, 0.5) is 0 Å². The summed E-state index contributed by atoms with van der Waals surface area (Å²) < 4.78 is 1.86. The predicted molar refractivity (Wildman–Crippen MR) is 60.2 cm³/mol. The zero-order valence-corrected chi connectivity index (χ0v) is 9.19. The summed E-state index contributed by atoms with van der Waals surface area (Å²) in [6.45, 7) is 4.28. The van der Waals surface area contributed by atoms with Crippen LogP contribution in [-0.2, 0) is 7.05 Å². The lowest BCUT2D eigenvalue weighted by Gasteiger charge is -2.08. The third-order valence-electron chi connectivity index (χ3n) is 2.69. The average molecular weight is 202 g/mol.